The van der Waals surface area contributed by atoms with Crippen molar-refractivity contribution in [3.8, 4) is 0 Å². The Kier molecular flexibility index (Phi) is 5.46. The number of likely N-dealkylation sites (N-methyl/N-ethyl adjacent to an activating group) is 1. The van der Waals surface area contributed by atoms with E-state index < -0.39 is 0 Å². The summed E-state index contributed by atoms with van der Waals surface area (Å²) in [5, 5.41) is 13.7. The summed E-state index contributed by atoms with van der Waals surface area (Å²) in [6.07, 6.45) is 5.11. The number of piperidine rings is 1. The normalized spacial score (nSPS) is 28.1. The first-order valence-corrected chi connectivity index (χ1v) is 8.24. The zero-order chi connectivity index (χ0) is 14.8. The lowest BCUT2D eigenvalue weighted by molar-refractivity contribution is 0.0549. The molecule has 20 heavy (non-hydrogen) atoms. The van der Waals surface area contributed by atoms with Crippen LogP contribution in [0.3, 0.4) is 0 Å². The average Bonchev–Trinajstić information content (AvgIpc) is 3.22. The van der Waals surface area contributed by atoms with Gasteiger partial charge in [-0.2, -0.15) is 0 Å². The lowest BCUT2D eigenvalue weighted by Gasteiger charge is -2.43. The summed E-state index contributed by atoms with van der Waals surface area (Å²) >= 11 is 0. The van der Waals surface area contributed by atoms with E-state index in [2.05, 4.69) is 43.1 Å². The number of aliphatic hydroxyl groups excluding tert-OH is 1. The Bertz CT molecular complexity index is 304. The summed E-state index contributed by atoms with van der Waals surface area (Å²) in [7, 11) is 4.36. The van der Waals surface area contributed by atoms with E-state index in [-0.39, 0.29) is 12.1 Å². The molecule has 1 saturated heterocycles. The van der Waals surface area contributed by atoms with Crippen LogP contribution in [0.1, 0.15) is 39.5 Å². The molecule has 1 aliphatic carbocycles. The lowest BCUT2D eigenvalue weighted by Crippen LogP contribution is -2.61. The molecule has 0 bridgehead atoms. The predicted molar refractivity (Wildman–Crippen MR) is 84.0 cm³/mol. The van der Waals surface area contributed by atoms with Crippen molar-refractivity contribution in [2.75, 3.05) is 40.3 Å². The van der Waals surface area contributed by atoms with Gasteiger partial charge in [0.2, 0.25) is 0 Å². The van der Waals surface area contributed by atoms with Crippen molar-refractivity contribution >= 4 is 0 Å². The van der Waals surface area contributed by atoms with Gasteiger partial charge in [0.1, 0.15) is 0 Å². The van der Waals surface area contributed by atoms with Crippen molar-refractivity contribution in [1.82, 2.24) is 15.1 Å². The average molecular weight is 283 g/mol. The second-order valence-corrected chi connectivity index (χ2v) is 7.38. The Morgan fingerprint density at radius 1 is 1.30 bits per heavy atom. The molecular weight excluding hydrogens is 250 g/mol. The molecule has 1 heterocycles. The van der Waals surface area contributed by atoms with Crippen molar-refractivity contribution in [3.63, 3.8) is 0 Å². The van der Waals surface area contributed by atoms with Crippen LogP contribution >= 0.6 is 0 Å². The van der Waals surface area contributed by atoms with Gasteiger partial charge in [-0.3, -0.25) is 4.90 Å². The number of rotatable bonds is 7. The fraction of sp³-hybridized carbons (Fsp3) is 1.00. The molecule has 0 aromatic carbocycles. The second kappa shape index (κ2) is 6.73. The SMILES string of the molecule is CC(C)NC(CO)(CN1CCCC(N(C)C)C1)C1CC1. The first kappa shape index (κ1) is 16.2. The fourth-order valence-corrected chi connectivity index (χ4v) is 3.72. The van der Waals surface area contributed by atoms with Crippen LogP contribution in [0.2, 0.25) is 0 Å². The zero-order valence-electron chi connectivity index (χ0n) is 13.7. The van der Waals surface area contributed by atoms with Crippen molar-refractivity contribution in [2.24, 2.45) is 5.92 Å². The van der Waals surface area contributed by atoms with Crippen molar-refractivity contribution in [2.45, 2.75) is 57.2 Å². The third kappa shape index (κ3) is 3.94. The molecule has 0 radical (unpaired) electrons. The van der Waals surface area contributed by atoms with Gasteiger partial charge in [0.25, 0.3) is 0 Å². The van der Waals surface area contributed by atoms with Crippen molar-refractivity contribution < 1.29 is 5.11 Å². The summed E-state index contributed by atoms with van der Waals surface area (Å²) < 4.78 is 0. The zero-order valence-corrected chi connectivity index (χ0v) is 13.7. The number of hydrogen-bond donors (Lipinski definition) is 2. The van der Waals surface area contributed by atoms with Crippen LogP contribution in [0, 0.1) is 5.92 Å². The van der Waals surface area contributed by atoms with Crippen molar-refractivity contribution in [1.29, 1.82) is 0 Å². The molecule has 1 saturated carbocycles. The van der Waals surface area contributed by atoms with Crippen LogP contribution in [0.4, 0.5) is 0 Å². The maximum atomic E-state index is 10.0. The largest absolute Gasteiger partial charge is 0.394 e. The topological polar surface area (TPSA) is 38.7 Å². The number of likely N-dealkylation sites (tertiary alicyclic amines) is 1. The summed E-state index contributed by atoms with van der Waals surface area (Å²) in [6, 6.07) is 1.09. The third-order valence-electron chi connectivity index (χ3n) is 4.93. The van der Waals surface area contributed by atoms with E-state index in [9.17, 15) is 5.11 Å². The van der Waals surface area contributed by atoms with Gasteiger partial charge in [0.05, 0.1) is 12.1 Å². The molecule has 0 amide bonds. The molecule has 0 aromatic rings. The Morgan fingerprint density at radius 2 is 2.00 bits per heavy atom. The summed E-state index contributed by atoms with van der Waals surface area (Å²) in [4.78, 5) is 4.91. The molecule has 4 heteroatoms. The summed E-state index contributed by atoms with van der Waals surface area (Å²) in [5.41, 5.74) is -0.0810. The minimum absolute atomic E-state index is 0.0810. The Balaban J connectivity index is 1.99. The highest BCUT2D eigenvalue weighted by Gasteiger charge is 2.46. The van der Waals surface area contributed by atoms with E-state index in [1.807, 2.05) is 0 Å². The molecule has 0 aromatic heterocycles. The van der Waals surface area contributed by atoms with E-state index in [1.54, 1.807) is 0 Å². The fourth-order valence-electron chi connectivity index (χ4n) is 3.72. The summed E-state index contributed by atoms with van der Waals surface area (Å²) in [6.45, 7) is 7.95. The molecular formula is C16H33N3O. The van der Waals surface area contributed by atoms with Gasteiger partial charge in [-0.05, 0) is 52.2 Å². The van der Waals surface area contributed by atoms with Crippen LogP contribution in [-0.2, 0) is 0 Å². The van der Waals surface area contributed by atoms with Gasteiger partial charge in [-0.15, -0.1) is 0 Å². The first-order valence-electron chi connectivity index (χ1n) is 8.24. The van der Waals surface area contributed by atoms with Gasteiger partial charge >= 0.3 is 0 Å². The first-order chi connectivity index (χ1) is 9.47. The number of nitrogens with zero attached hydrogens (tertiary/aromatic N) is 2. The lowest BCUT2D eigenvalue weighted by atomic mass is 9.91. The molecule has 118 valence electrons. The van der Waals surface area contributed by atoms with Gasteiger partial charge in [0.15, 0.2) is 0 Å². The van der Waals surface area contributed by atoms with Crippen LogP contribution < -0.4 is 5.32 Å². The third-order valence-corrected chi connectivity index (χ3v) is 4.93. The maximum absolute atomic E-state index is 10.0. The molecule has 2 rings (SSSR count). The second-order valence-electron chi connectivity index (χ2n) is 7.38. The minimum Gasteiger partial charge on any atom is -0.394 e. The number of nitrogens with one attached hydrogen (secondary N) is 1. The highest BCUT2D eigenvalue weighted by Crippen LogP contribution is 2.40. The molecule has 2 N–H and O–H groups in total. The molecule has 0 spiro atoms. The Hall–Kier alpha value is -0.160. The monoisotopic (exact) mass is 283 g/mol. The molecule has 1 aliphatic heterocycles. The van der Waals surface area contributed by atoms with Crippen LogP contribution in [0.25, 0.3) is 0 Å². The van der Waals surface area contributed by atoms with Crippen LogP contribution in [0.5, 0.6) is 0 Å². The summed E-state index contributed by atoms with van der Waals surface area (Å²) in [5.74, 6) is 0.662. The molecule has 2 atom stereocenters. The van der Waals surface area contributed by atoms with Crippen LogP contribution in [0.15, 0.2) is 0 Å². The Labute approximate surface area is 124 Å². The van der Waals surface area contributed by atoms with E-state index in [0.717, 1.165) is 13.1 Å². The van der Waals surface area contributed by atoms with E-state index in [4.69, 9.17) is 0 Å². The standard InChI is InChI=1S/C16H33N3O/c1-13(2)17-16(12-20,14-7-8-14)11-19-9-5-6-15(10-19)18(3)4/h13-15,17,20H,5-12H2,1-4H3. The predicted octanol–water partition coefficient (Wildman–Crippen LogP) is 1.15. The number of hydrogen-bond acceptors (Lipinski definition) is 4. The van der Waals surface area contributed by atoms with Gasteiger partial charge in [-0.25, -0.2) is 0 Å². The van der Waals surface area contributed by atoms with Gasteiger partial charge in [-0.1, -0.05) is 13.8 Å². The molecule has 4 nitrogen and oxygen atoms in total. The van der Waals surface area contributed by atoms with Gasteiger partial charge in [0, 0.05) is 25.2 Å². The van der Waals surface area contributed by atoms with Crippen LogP contribution in [-0.4, -0.2) is 72.9 Å². The number of aliphatic hydroxyl groups is 1. The van der Waals surface area contributed by atoms with E-state index in [1.165, 1.54) is 32.2 Å². The maximum Gasteiger partial charge on any atom is 0.0628 e. The quantitative estimate of drug-likeness (QED) is 0.735. The minimum atomic E-state index is -0.0810. The highest BCUT2D eigenvalue weighted by atomic mass is 16.3. The smallest absolute Gasteiger partial charge is 0.0628 e. The van der Waals surface area contributed by atoms with E-state index in [0.29, 0.717) is 18.0 Å². The molecule has 2 unspecified atom stereocenters. The van der Waals surface area contributed by atoms with E-state index >= 15 is 0 Å². The molecule has 2 fully saturated rings. The Morgan fingerprint density at radius 3 is 2.50 bits per heavy atom. The van der Waals surface area contributed by atoms with Crippen molar-refractivity contribution in [3.05, 3.63) is 0 Å². The molecule has 2 aliphatic rings. The van der Waals surface area contributed by atoms with Gasteiger partial charge < -0.3 is 15.3 Å². The highest BCUT2D eigenvalue weighted by molar-refractivity contribution is 5.04.